The normalized spacial score (nSPS) is 29.6. The summed E-state index contributed by atoms with van der Waals surface area (Å²) < 4.78 is 53.9. The fourth-order valence-corrected chi connectivity index (χ4v) is 7.09. The molecule has 202 valence electrons. The van der Waals surface area contributed by atoms with Gasteiger partial charge in [-0.2, -0.15) is 13.2 Å². The van der Waals surface area contributed by atoms with Gasteiger partial charge in [0, 0.05) is 18.1 Å². The first kappa shape index (κ1) is 26.3. The van der Waals surface area contributed by atoms with Crippen molar-refractivity contribution in [2.75, 3.05) is 7.11 Å². The molecule has 1 aliphatic carbocycles. The number of carbonyl (C=O) groups is 1. The lowest BCUT2D eigenvalue weighted by Gasteiger charge is -2.51. The van der Waals surface area contributed by atoms with Crippen LogP contribution in [0.2, 0.25) is 0 Å². The minimum atomic E-state index is -4.50. The summed E-state index contributed by atoms with van der Waals surface area (Å²) >= 11 is 0. The van der Waals surface area contributed by atoms with E-state index in [1.807, 2.05) is 12.1 Å². The fraction of sp³-hybridized carbons (Fsp3) is 0.633. The first-order chi connectivity index (χ1) is 17.7. The average molecular weight is 518 g/mol. The van der Waals surface area contributed by atoms with Gasteiger partial charge < -0.3 is 9.47 Å². The minimum absolute atomic E-state index is 0.0489. The van der Waals surface area contributed by atoms with Crippen molar-refractivity contribution in [1.29, 1.82) is 0 Å². The summed E-state index contributed by atoms with van der Waals surface area (Å²) in [5, 5.41) is 0.769. The average Bonchev–Trinajstić information content (AvgIpc) is 2.87. The molecule has 7 heteroatoms. The quantitative estimate of drug-likeness (QED) is 0.381. The Balaban J connectivity index is 1.42. The van der Waals surface area contributed by atoms with Crippen LogP contribution in [0.5, 0.6) is 5.75 Å². The molecular weight excluding hydrogens is 479 g/mol. The van der Waals surface area contributed by atoms with E-state index in [0.29, 0.717) is 11.3 Å². The van der Waals surface area contributed by atoms with Crippen LogP contribution in [-0.4, -0.2) is 36.2 Å². The molecule has 0 N–H and O–H groups in total. The third-order valence-electron chi connectivity index (χ3n) is 9.04. The highest BCUT2D eigenvalue weighted by molar-refractivity contribution is 5.89. The van der Waals surface area contributed by atoms with E-state index in [9.17, 15) is 18.0 Å². The summed E-state index contributed by atoms with van der Waals surface area (Å²) in [5.41, 5.74) is 0.336. The number of rotatable bonds is 5. The number of benzene rings is 2. The van der Waals surface area contributed by atoms with Gasteiger partial charge in [0.15, 0.2) is 0 Å². The molecule has 3 fully saturated rings. The van der Waals surface area contributed by atoms with Gasteiger partial charge >= 0.3 is 12.1 Å². The van der Waals surface area contributed by atoms with E-state index in [0.717, 1.165) is 63.4 Å². The summed E-state index contributed by atoms with van der Waals surface area (Å²) in [7, 11) is 1.45. The second-order valence-corrected chi connectivity index (χ2v) is 11.5. The Morgan fingerprint density at radius 1 is 1.00 bits per heavy atom. The lowest BCUT2D eigenvalue weighted by molar-refractivity contribution is -0.150. The van der Waals surface area contributed by atoms with Crippen molar-refractivity contribution in [3.8, 4) is 5.75 Å². The van der Waals surface area contributed by atoms with Gasteiger partial charge in [0.2, 0.25) is 0 Å². The number of carbonyl (C=O) groups excluding carboxylic acids is 1. The molecule has 2 aromatic rings. The van der Waals surface area contributed by atoms with Gasteiger partial charge in [-0.25, -0.2) is 0 Å². The topological polar surface area (TPSA) is 38.8 Å². The van der Waals surface area contributed by atoms with E-state index >= 15 is 0 Å². The van der Waals surface area contributed by atoms with Crippen LogP contribution < -0.4 is 4.74 Å². The lowest BCUT2D eigenvalue weighted by atomic mass is 9.77. The molecule has 37 heavy (non-hydrogen) atoms. The van der Waals surface area contributed by atoms with Crippen molar-refractivity contribution in [3.63, 3.8) is 0 Å². The maximum atomic E-state index is 14.3. The zero-order valence-electron chi connectivity index (χ0n) is 22.0. The Kier molecular flexibility index (Phi) is 7.45. The number of methoxy groups -OCH3 is 1. The van der Waals surface area contributed by atoms with Crippen LogP contribution >= 0.6 is 0 Å². The van der Waals surface area contributed by atoms with Gasteiger partial charge in [0.05, 0.1) is 19.1 Å². The molecule has 2 aromatic carbocycles. The van der Waals surface area contributed by atoms with Gasteiger partial charge in [0.1, 0.15) is 11.3 Å². The molecule has 2 saturated heterocycles. The van der Waals surface area contributed by atoms with E-state index < -0.39 is 11.7 Å². The largest absolute Gasteiger partial charge is 0.490 e. The molecule has 2 heterocycles. The van der Waals surface area contributed by atoms with Crippen LogP contribution in [0.1, 0.15) is 88.8 Å². The van der Waals surface area contributed by atoms with Gasteiger partial charge in [-0.1, -0.05) is 31.5 Å². The zero-order chi connectivity index (χ0) is 26.3. The van der Waals surface area contributed by atoms with Crippen LogP contribution in [0.25, 0.3) is 10.8 Å². The number of alkyl halides is 3. The number of halogens is 3. The van der Waals surface area contributed by atoms with Crippen molar-refractivity contribution < 1.29 is 27.4 Å². The summed E-state index contributed by atoms with van der Waals surface area (Å²) in [6.07, 6.45) is 3.64. The van der Waals surface area contributed by atoms with Gasteiger partial charge in [-0.05, 0) is 92.7 Å². The Morgan fingerprint density at radius 3 is 2.30 bits per heavy atom. The molecule has 0 spiro atoms. The number of fused-ring (bicyclic) bond motifs is 3. The highest BCUT2D eigenvalue weighted by atomic mass is 19.4. The van der Waals surface area contributed by atoms with Crippen molar-refractivity contribution in [2.45, 2.75) is 102 Å². The number of hydrogen-bond acceptors (Lipinski definition) is 4. The van der Waals surface area contributed by atoms with E-state index in [2.05, 4.69) is 18.7 Å². The molecule has 2 aliphatic heterocycles. The summed E-state index contributed by atoms with van der Waals surface area (Å²) in [6.45, 7) is 4.32. The Bertz CT molecular complexity index is 1110. The molecule has 3 atom stereocenters. The molecule has 2 bridgehead atoms. The van der Waals surface area contributed by atoms with Crippen LogP contribution in [0, 0.1) is 11.8 Å². The third-order valence-corrected chi connectivity index (χ3v) is 9.04. The van der Waals surface area contributed by atoms with Crippen molar-refractivity contribution >= 4 is 16.7 Å². The second kappa shape index (κ2) is 10.5. The molecular formula is C30H38F3NO3. The van der Waals surface area contributed by atoms with Crippen LogP contribution in [0.4, 0.5) is 13.2 Å². The number of hydrogen-bond donors (Lipinski definition) is 0. The monoisotopic (exact) mass is 517 g/mol. The Morgan fingerprint density at radius 2 is 1.68 bits per heavy atom. The standard InChI is InChI=1S/C30H38F3NO3/c1-18-7-11-25(12-8-18)37-27-14-10-21-15-20(9-13-26(21)28(27)30(31,32)33)19(2)34-23-5-4-6-24(34)17-22(16-23)29(35)36-3/h9-10,13-15,18-19,22-25H,4-8,11-12,16-17H2,1-3H3/t18?,19-,22?,23?,24?,25?/m0/s1. The second-order valence-electron chi connectivity index (χ2n) is 11.5. The van der Waals surface area contributed by atoms with Gasteiger partial charge in [-0.3, -0.25) is 9.69 Å². The van der Waals surface area contributed by atoms with E-state index in [-0.39, 0.29) is 47.3 Å². The molecule has 5 rings (SSSR count). The van der Waals surface area contributed by atoms with Gasteiger partial charge in [-0.15, -0.1) is 0 Å². The molecule has 3 aliphatic rings. The molecule has 2 unspecified atom stereocenters. The highest BCUT2D eigenvalue weighted by Gasteiger charge is 2.43. The molecule has 0 radical (unpaired) electrons. The van der Waals surface area contributed by atoms with E-state index in [1.54, 1.807) is 12.1 Å². The SMILES string of the molecule is COC(=O)C1CC2CCCC(C1)N2[C@@H](C)c1ccc2c(C(F)(F)F)c(OC3CCC(C)CC3)ccc2c1. The molecule has 0 amide bonds. The minimum Gasteiger partial charge on any atom is -0.490 e. The number of ether oxygens (including phenoxy) is 2. The molecule has 4 nitrogen and oxygen atoms in total. The molecule has 1 saturated carbocycles. The zero-order valence-corrected chi connectivity index (χ0v) is 22.0. The predicted molar refractivity (Wildman–Crippen MR) is 137 cm³/mol. The summed E-state index contributed by atoms with van der Waals surface area (Å²) in [5.74, 6) is 0.348. The van der Waals surface area contributed by atoms with Crippen LogP contribution in [-0.2, 0) is 15.7 Å². The van der Waals surface area contributed by atoms with Crippen molar-refractivity contribution in [3.05, 3.63) is 41.5 Å². The maximum absolute atomic E-state index is 14.3. The first-order valence-corrected chi connectivity index (χ1v) is 13.8. The first-order valence-electron chi connectivity index (χ1n) is 13.8. The Hall–Kier alpha value is -2.28. The fourth-order valence-electron chi connectivity index (χ4n) is 7.09. The van der Waals surface area contributed by atoms with Crippen molar-refractivity contribution in [2.24, 2.45) is 11.8 Å². The van der Waals surface area contributed by atoms with Crippen LogP contribution in [0.3, 0.4) is 0 Å². The lowest BCUT2D eigenvalue weighted by Crippen LogP contribution is -2.54. The number of nitrogens with zero attached hydrogens (tertiary/aromatic N) is 1. The number of piperidine rings is 2. The van der Waals surface area contributed by atoms with Crippen molar-refractivity contribution in [1.82, 2.24) is 4.90 Å². The molecule has 0 aromatic heterocycles. The summed E-state index contributed by atoms with van der Waals surface area (Å²) in [4.78, 5) is 14.7. The Labute approximate surface area is 217 Å². The maximum Gasteiger partial charge on any atom is 0.420 e. The predicted octanol–water partition coefficient (Wildman–Crippen LogP) is 7.68. The van der Waals surface area contributed by atoms with E-state index in [4.69, 9.17) is 9.47 Å². The van der Waals surface area contributed by atoms with E-state index in [1.165, 1.54) is 13.2 Å². The highest BCUT2D eigenvalue weighted by Crippen LogP contribution is 2.45. The summed E-state index contributed by atoms with van der Waals surface area (Å²) in [6, 6.07) is 9.26. The number of esters is 1. The third kappa shape index (κ3) is 5.34. The smallest absolute Gasteiger partial charge is 0.420 e. The van der Waals surface area contributed by atoms with Crippen LogP contribution in [0.15, 0.2) is 30.3 Å². The van der Waals surface area contributed by atoms with Gasteiger partial charge in [0.25, 0.3) is 0 Å².